The van der Waals surface area contributed by atoms with Crippen LogP contribution in [0.3, 0.4) is 0 Å². The van der Waals surface area contributed by atoms with Gasteiger partial charge >= 0.3 is 0 Å². The Morgan fingerprint density at radius 3 is 2.56 bits per heavy atom. The summed E-state index contributed by atoms with van der Waals surface area (Å²) in [4.78, 5) is 10.4. The van der Waals surface area contributed by atoms with E-state index in [1.54, 1.807) is 12.1 Å². The number of hydrogen-bond acceptors (Lipinski definition) is 3. The first kappa shape index (κ1) is 11.0. The average Bonchev–Trinajstić information content (AvgIpc) is 2.76. The molecule has 1 aromatic carbocycles. The Hall–Kier alpha value is -1.55. The minimum atomic E-state index is 0.314. The lowest BCUT2D eigenvalue weighted by Crippen LogP contribution is -1.93. The van der Waals surface area contributed by atoms with Crippen LogP contribution in [-0.4, -0.2) is 6.29 Å². The second kappa shape index (κ2) is 4.99. The lowest BCUT2D eigenvalue weighted by molar-refractivity contribution is 0.109. The van der Waals surface area contributed by atoms with Gasteiger partial charge in [0, 0.05) is 4.47 Å². The second-order valence-corrected chi connectivity index (χ2v) is 4.08. The molecule has 2 rings (SSSR count). The number of carbonyl (C=O) groups is 1. The fourth-order valence-electron chi connectivity index (χ4n) is 1.22. The molecular weight excluding hydrogens is 272 g/mol. The molecule has 0 bridgehead atoms. The van der Waals surface area contributed by atoms with Crippen molar-refractivity contribution in [2.75, 3.05) is 0 Å². The van der Waals surface area contributed by atoms with E-state index in [2.05, 4.69) is 15.9 Å². The monoisotopic (exact) mass is 280 g/mol. The summed E-state index contributed by atoms with van der Waals surface area (Å²) in [6, 6.07) is 10.8. The van der Waals surface area contributed by atoms with Crippen LogP contribution >= 0.6 is 15.9 Å². The van der Waals surface area contributed by atoms with Crippen molar-refractivity contribution in [3.8, 4) is 5.75 Å². The van der Waals surface area contributed by atoms with Crippen molar-refractivity contribution >= 4 is 22.2 Å². The molecule has 0 fully saturated rings. The molecule has 1 heterocycles. The predicted octanol–water partition coefficient (Wildman–Crippen LogP) is 3.43. The first-order valence-corrected chi connectivity index (χ1v) is 5.49. The van der Waals surface area contributed by atoms with Crippen molar-refractivity contribution in [2.45, 2.75) is 6.61 Å². The van der Waals surface area contributed by atoms with Gasteiger partial charge in [-0.15, -0.1) is 0 Å². The fourth-order valence-corrected chi connectivity index (χ4v) is 1.49. The fraction of sp³-hybridized carbons (Fsp3) is 0.0833. The molecule has 0 aliphatic carbocycles. The zero-order valence-corrected chi connectivity index (χ0v) is 9.94. The van der Waals surface area contributed by atoms with Gasteiger partial charge in [0.05, 0.1) is 0 Å². The third-order valence-electron chi connectivity index (χ3n) is 1.99. The molecule has 0 atom stereocenters. The maximum atomic E-state index is 10.4. The largest absolute Gasteiger partial charge is 0.486 e. The molecule has 82 valence electrons. The molecule has 2 aromatic rings. The molecule has 0 unspecified atom stereocenters. The highest BCUT2D eigenvalue weighted by atomic mass is 79.9. The Bertz CT molecular complexity index is 473. The van der Waals surface area contributed by atoms with E-state index < -0.39 is 0 Å². The second-order valence-electron chi connectivity index (χ2n) is 3.16. The molecule has 1 aromatic heterocycles. The third kappa shape index (κ3) is 2.73. The van der Waals surface area contributed by atoms with E-state index in [4.69, 9.17) is 9.15 Å². The normalized spacial score (nSPS) is 10.1. The third-order valence-corrected chi connectivity index (χ3v) is 2.52. The van der Waals surface area contributed by atoms with Crippen LogP contribution in [0.1, 0.15) is 16.3 Å². The summed E-state index contributed by atoms with van der Waals surface area (Å²) >= 11 is 3.34. The standard InChI is InChI=1S/C12H9BrO3/c13-9-1-3-10(4-2-9)15-8-12-6-5-11(7-14)16-12/h1-7H,8H2. The van der Waals surface area contributed by atoms with Crippen molar-refractivity contribution in [3.63, 3.8) is 0 Å². The van der Waals surface area contributed by atoms with E-state index >= 15 is 0 Å². The zero-order valence-electron chi connectivity index (χ0n) is 8.35. The summed E-state index contributed by atoms with van der Waals surface area (Å²) in [5, 5.41) is 0. The number of benzene rings is 1. The van der Waals surface area contributed by atoms with Crippen molar-refractivity contribution in [1.29, 1.82) is 0 Å². The number of aldehydes is 1. The SMILES string of the molecule is O=Cc1ccc(COc2ccc(Br)cc2)o1. The molecule has 0 amide bonds. The molecule has 0 aliphatic rings. The summed E-state index contributed by atoms with van der Waals surface area (Å²) in [6.07, 6.45) is 0.670. The van der Waals surface area contributed by atoms with Crippen LogP contribution in [0.2, 0.25) is 0 Å². The van der Waals surface area contributed by atoms with Gasteiger partial charge in [0.25, 0.3) is 0 Å². The summed E-state index contributed by atoms with van der Waals surface area (Å²) < 4.78 is 11.7. The molecule has 0 saturated carbocycles. The van der Waals surface area contributed by atoms with E-state index in [1.807, 2.05) is 24.3 Å². The maximum Gasteiger partial charge on any atom is 0.185 e. The topological polar surface area (TPSA) is 39.4 Å². The van der Waals surface area contributed by atoms with Gasteiger partial charge in [0.15, 0.2) is 12.0 Å². The van der Waals surface area contributed by atoms with Crippen LogP contribution in [0.15, 0.2) is 45.3 Å². The Balaban J connectivity index is 1.96. The van der Waals surface area contributed by atoms with E-state index in [9.17, 15) is 4.79 Å². The molecule has 0 spiro atoms. The van der Waals surface area contributed by atoms with Crippen LogP contribution in [0.25, 0.3) is 0 Å². The van der Waals surface area contributed by atoms with Gasteiger partial charge in [0.2, 0.25) is 0 Å². The molecule has 0 radical (unpaired) electrons. The highest BCUT2D eigenvalue weighted by molar-refractivity contribution is 9.10. The average molecular weight is 281 g/mol. The highest BCUT2D eigenvalue weighted by Crippen LogP contribution is 2.17. The molecule has 16 heavy (non-hydrogen) atoms. The summed E-state index contributed by atoms with van der Waals surface area (Å²) in [5.74, 6) is 1.70. The number of halogens is 1. The van der Waals surface area contributed by atoms with Gasteiger partial charge in [-0.3, -0.25) is 4.79 Å². The first-order valence-electron chi connectivity index (χ1n) is 4.70. The maximum absolute atomic E-state index is 10.4. The summed E-state index contributed by atoms with van der Waals surface area (Å²) in [5.41, 5.74) is 0. The number of hydrogen-bond donors (Lipinski definition) is 0. The van der Waals surface area contributed by atoms with Crippen LogP contribution < -0.4 is 4.74 Å². The molecule has 0 aliphatic heterocycles. The quantitative estimate of drug-likeness (QED) is 0.806. The summed E-state index contributed by atoms with van der Waals surface area (Å²) in [7, 11) is 0. The van der Waals surface area contributed by atoms with E-state index in [1.165, 1.54) is 0 Å². The molecule has 0 N–H and O–H groups in total. The van der Waals surface area contributed by atoms with Crippen LogP contribution in [0.5, 0.6) is 5.75 Å². The number of carbonyl (C=O) groups excluding carboxylic acids is 1. The predicted molar refractivity (Wildman–Crippen MR) is 62.6 cm³/mol. The van der Waals surface area contributed by atoms with E-state index in [0.717, 1.165) is 10.2 Å². The zero-order chi connectivity index (χ0) is 11.4. The minimum absolute atomic E-state index is 0.314. The van der Waals surface area contributed by atoms with Crippen molar-refractivity contribution in [2.24, 2.45) is 0 Å². The highest BCUT2D eigenvalue weighted by Gasteiger charge is 2.01. The smallest absolute Gasteiger partial charge is 0.185 e. The number of rotatable bonds is 4. The van der Waals surface area contributed by atoms with Gasteiger partial charge in [0.1, 0.15) is 18.1 Å². The molecule has 0 saturated heterocycles. The molecular formula is C12H9BrO3. The Morgan fingerprint density at radius 2 is 1.94 bits per heavy atom. The number of ether oxygens (including phenoxy) is 1. The first-order chi connectivity index (χ1) is 7.78. The molecule has 4 heteroatoms. The molecule has 3 nitrogen and oxygen atoms in total. The lowest BCUT2D eigenvalue weighted by Gasteiger charge is -2.03. The van der Waals surface area contributed by atoms with Crippen LogP contribution in [0, 0.1) is 0 Å². The Kier molecular flexibility index (Phi) is 3.41. The van der Waals surface area contributed by atoms with Gasteiger partial charge < -0.3 is 9.15 Å². The van der Waals surface area contributed by atoms with Crippen LogP contribution in [0.4, 0.5) is 0 Å². The summed E-state index contributed by atoms with van der Waals surface area (Å²) in [6.45, 7) is 0.315. The van der Waals surface area contributed by atoms with E-state index in [0.29, 0.717) is 24.4 Å². The van der Waals surface area contributed by atoms with Gasteiger partial charge in [-0.25, -0.2) is 0 Å². The minimum Gasteiger partial charge on any atom is -0.486 e. The van der Waals surface area contributed by atoms with Crippen molar-refractivity contribution in [1.82, 2.24) is 0 Å². The number of furan rings is 1. The van der Waals surface area contributed by atoms with Gasteiger partial charge in [-0.1, -0.05) is 15.9 Å². The van der Waals surface area contributed by atoms with Gasteiger partial charge in [-0.2, -0.15) is 0 Å². The van der Waals surface area contributed by atoms with Crippen molar-refractivity contribution < 1.29 is 13.9 Å². The lowest BCUT2D eigenvalue weighted by atomic mass is 10.3. The van der Waals surface area contributed by atoms with Crippen LogP contribution in [-0.2, 0) is 6.61 Å². The van der Waals surface area contributed by atoms with Gasteiger partial charge in [-0.05, 0) is 36.4 Å². The Labute approximate surface area is 101 Å². The van der Waals surface area contributed by atoms with E-state index in [-0.39, 0.29) is 0 Å². The Morgan fingerprint density at radius 1 is 1.19 bits per heavy atom. The van der Waals surface area contributed by atoms with Crippen molar-refractivity contribution in [3.05, 3.63) is 52.4 Å².